The number of halogens is 1. The minimum atomic E-state index is -0.827. The van der Waals surface area contributed by atoms with Crippen molar-refractivity contribution in [2.45, 2.75) is 59.2 Å². The minimum absolute atomic E-state index is 0.0949. The molecule has 21 heavy (non-hydrogen) atoms. The largest absolute Gasteiger partial charge is 0.489 e. The summed E-state index contributed by atoms with van der Waals surface area (Å²) in [4.78, 5) is 0. The molecule has 1 atom stereocenters. The van der Waals surface area contributed by atoms with Gasteiger partial charge in [-0.3, -0.25) is 0 Å². The third-order valence-electron chi connectivity index (χ3n) is 3.58. The molecule has 0 saturated heterocycles. The Morgan fingerprint density at radius 3 is 2.33 bits per heavy atom. The average molecular weight is 358 g/mol. The van der Waals surface area contributed by atoms with Crippen LogP contribution in [-0.2, 0) is 6.54 Å². The fraction of sp³-hybridized carbons (Fsp3) is 0.647. The first kappa shape index (κ1) is 18.5. The van der Waals surface area contributed by atoms with E-state index in [1.165, 1.54) is 5.56 Å². The minimum Gasteiger partial charge on any atom is -0.489 e. The van der Waals surface area contributed by atoms with Crippen LogP contribution in [0.2, 0.25) is 0 Å². The van der Waals surface area contributed by atoms with Gasteiger partial charge >= 0.3 is 0 Å². The van der Waals surface area contributed by atoms with Gasteiger partial charge in [0.1, 0.15) is 12.4 Å². The second-order valence-electron chi connectivity index (χ2n) is 7.17. The Bertz CT molecular complexity index is 464. The van der Waals surface area contributed by atoms with Crippen LogP contribution in [0.3, 0.4) is 0 Å². The summed E-state index contributed by atoms with van der Waals surface area (Å²) in [6.07, 6.45) is 0. The van der Waals surface area contributed by atoms with Gasteiger partial charge in [-0.2, -0.15) is 0 Å². The van der Waals surface area contributed by atoms with Gasteiger partial charge in [0.2, 0.25) is 0 Å². The average Bonchev–Trinajstić information content (AvgIpc) is 2.34. The number of hydrogen-bond acceptors (Lipinski definition) is 3. The first-order valence-corrected chi connectivity index (χ1v) is 8.19. The molecule has 0 aliphatic heterocycles. The van der Waals surface area contributed by atoms with Gasteiger partial charge in [0.05, 0.1) is 10.1 Å². The lowest BCUT2D eigenvalue weighted by Crippen LogP contribution is -2.37. The maximum atomic E-state index is 10.2. The number of hydrogen-bond donors (Lipinski definition) is 2. The molecule has 0 aliphatic carbocycles. The Kier molecular flexibility index (Phi) is 6.26. The van der Waals surface area contributed by atoms with E-state index in [0.29, 0.717) is 0 Å². The van der Waals surface area contributed by atoms with Crippen LogP contribution in [0.15, 0.2) is 22.7 Å². The Balaban J connectivity index is 2.66. The van der Waals surface area contributed by atoms with E-state index >= 15 is 0 Å². The second-order valence-corrected chi connectivity index (χ2v) is 8.02. The summed E-state index contributed by atoms with van der Waals surface area (Å²) in [5.41, 5.74) is 0.462. The highest BCUT2D eigenvalue weighted by Gasteiger charge is 2.26. The molecule has 1 unspecified atom stereocenters. The van der Waals surface area contributed by atoms with Crippen molar-refractivity contribution < 1.29 is 9.84 Å². The molecule has 120 valence electrons. The highest BCUT2D eigenvalue weighted by molar-refractivity contribution is 9.10. The van der Waals surface area contributed by atoms with Gasteiger partial charge in [-0.05, 0) is 67.2 Å². The summed E-state index contributed by atoms with van der Waals surface area (Å²) in [5, 5.41) is 13.7. The van der Waals surface area contributed by atoms with Gasteiger partial charge in [-0.25, -0.2) is 0 Å². The highest BCUT2D eigenvalue weighted by atomic mass is 79.9. The zero-order valence-corrected chi connectivity index (χ0v) is 15.5. The third-order valence-corrected chi connectivity index (χ3v) is 4.20. The molecule has 1 aromatic rings. The zero-order valence-electron chi connectivity index (χ0n) is 14.0. The second kappa shape index (κ2) is 7.12. The molecule has 0 fully saturated rings. The van der Waals surface area contributed by atoms with E-state index in [2.05, 4.69) is 48.1 Å². The lowest BCUT2D eigenvalue weighted by atomic mass is 9.94. The monoisotopic (exact) mass is 357 g/mol. The Labute approximate surface area is 137 Å². The van der Waals surface area contributed by atoms with E-state index in [4.69, 9.17) is 4.74 Å². The molecule has 1 aromatic carbocycles. The van der Waals surface area contributed by atoms with Crippen LogP contribution < -0.4 is 10.1 Å². The summed E-state index contributed by atoms with van der Waals surface area (Å²) < 4.78 is 6.66. The summed E-state index contributed by atoms with van der Waals surface area (Å²) in [7, 11) is 0. The Hall–Kier alpha value is -0.580. The fourth-order valence-electron chi connectivity index (χ4n) is 1.53. The van der Waals surface area contributed by atoms with Gasteiger partial charge < -0.3 is 15.2 Å². The SMILES string of the molecule is CC(C)C(C)(O)COc1ccc(CNC(C)(C)C)cc1Br. The van der Waals surface area contributed by atoms with Crippen molar-refractivity contribution in [1.29, 1.82) is 0 Å². The lowest BCUT2D eigenvalue weighted by Gasteiger charge is -2.27. The van der Waals surface area contributed by atoms with Crippen molar-refractivity contribution in [1.82, 2.24) is 5.32 Å². The van der Waals surface area contributed by atoms with Gasteiger partial charge in [0.25, 0.3) is 0 Å². The van der Waals surface area contributed by atoms with Gasteiger partial charge in [-0.1, -0.05) is 19.9 Å². The van der Waals surface area contributed by atoms with Crippen LogP contribution in [0, 0.1) is 5.92 Å². The highest BCUT2D eigenvalue weighted by Crippen LogP contribution is 2.28. The number of ether oxygens (including phenoxy) is 1. The van der Waals surface area contributed by atoms with Crippen molar-refractivity contribution in [2.24, 2.45) is 5.92 Å². The maximum Gasteiger partial charge on any atom is 0.133 e. The standard InChI is InChI=1S/C17H28BrNO2/c1-12(2)17(6,20)11-21-15-8-7-13(9-14(15)18)10-19-16(3,4)5/h7-9,12,19-20H,10-11H2,1-6H3. The molecule has 0 aromatic heterocycles. The first-order valence-electron chi connectivity index (χ1n) is 7.40. The molecule has 4 heteroatoms. The number of nitrogens with one attached hydrogen (secondary N) is 1. The summed E-state index contributed by atoms with van der Waals surface area (Å²) in [6, 6.07) is 6.04. The van der Waals surface area contributed by atoms with Crippen LogP contribution in [0.25, 0.3) is 0 Å². The van der Waals surface area contributed by atoms with Crippen molar-refractivity contribution >= 4 is 15.9 Å². The van der Waals surface area contributed by atoms with Crippen molar-refractivity contribution in [3.8, 4) is 5.75 Å². The van der Waals surface area contributed by atoms with E-state index < -0.39 is 5.60 Å². The first-order chi connectivity index (χ1) is 9.51. The Morgan fingerprint density at radius 1 is 1.24 bits per heavy atom. The van der Waals surface area contributed by atoms with E-state index in [1.807, 2.05) is 26.0 Å². The molecule has 1 rings (SSSR count). The van der Waals surface area contributed by atoms with Gasteiger partial charge in [-0.15, -0.1) is 0 Å². The molecule has 0 spiro atoms. The molecule has 2 N–H and O–H groups in total. The van der Waals surface area contributed by atoms with Crippen molar-refractivity contribution in [3.63, 3.8) is 0 Å². The summed E-state index contributed by atoms with van der Waals surface area (Å²) >= 11 is 3.54. The molecule has 0 radical (unpaired) electrons. The molecule has 0 saturated carbocycles. The topological polar surface area (TPSA) is 41.5 Å². The van der Waals surface area contributed by atoms with E-state index in [9.17, 15) is 5.11 Å². The maximum absolute atomic E-state index is 10.2. The zero-order chi connectivity index (χ0) is 16.3. The van der Waals surface area contributed by atoms with Crippen LogP contribution in [0.4, 0.5) is 0 Å². The third kappa shape index (κ3) is 6.37. The fourth-order valence-corrected chi connectivity index (χ4v) is 2.07. The van der Waals surface area contributed by atoms with Crippen molar-refractivity contribution in [2.75, 3.05) is 6.61 Å². The Morgan fingerprint density at radius 2 is 1.86 bits per heavy atom. The van der Waals surface area contributed by atoms with Crippen molar-refractivity contribution in [3.05, 3.63) is 28.2 Å². The molecule has 0 amide bonds. The molecular weight excluding hydrogens is 330 g/mol. The quantitative estimate of drug-likeness (QED) is 0.804. The molecule has 3 nitrogen and oxygen atoms in total. The summed E-state index contributed by atoms with van der Waals surface area (Å²) in [6.45, 7) is 13.3. The van der Waals surface area contributed by atoms with Gasteiger partial charge in [0.15, 0.2) is 0 Å². The number of benzene rings is 1. The van der Waals surface area contributed by atoms with E-state index in [0.717, 1.165) is 16.8 Å². The normalized spacial score (nSPS) is 15.1. The summed E-state index contributed by atoms with van der Waals surface area (Å²) in [5.74, 6) is 0.905. The smallest absolute Gasteiger partial charge is 0.133 e. The number of aliphatic hydroxyl groups is 1. The molecule has 0 aliphatic rings. The van der Waals surface area contributed by atoms with Gasteiger partial charge in [0, 0.05) is 12.1 Å². The van der Waals surface area contributed by atoms with Crippen LogP contribution in [0.1, 0.15) is 47.1 Å². The predicted molar refractivity (Wildman–Crippen MR) is 91.7 cm³/mol. The van der Waals surface area contributed by atoms with Crippen LogP contribution in [-0.4, -0.2) is 22.9 Å². The van der Waals surface area contributed by atoms with E-state index in [-0.39, 0.29) is 18.1 Å². The van der Waals surface area contributed by atoms with Crippen LogP contribution in [0.5, 0.6) is 5.75 Å². The van der Waals surface area contributed by atoms with Crippen LogP contribution >= 0.6 is 15.9 Å². The molecule has 0 bridgehead atoms. The predicted octanol–water partition coefficient (Wildman–Crippen LogP) is 4.12. The molecule has 0 heterocycles. The number of rotatable bonds is 6. The molecular formula is C17H28BrNO2. The lowest BCUT2D eigenvalue weighted by molar-refractivity contribution is -0.0268. The van der Waals surface area contributed by atoms with E-state index in [1.54, 1.807) is 6.92 Å².